The van der Waals surface area contributed by atoms with Gasteiger partial charge in [-0.1, -0.05) is 17.7 Å². The zero-order chi connectivity index (χ0) is 13.1. The lowest BCUT2D eigenvalue weighted by atomic mass is 10.0. The molecule has 0 spiro atoms. The van der Waals surface area contributed by atoms with Crippen LogP contribution in [0.4, 0.5) is 0 Å². The monoisotopic (exact) mass is 304 g/mol. The number of fused-ring (bicyclic) bond motifs is 1. The average Bonchev–Trinajstić information content (AvgIpc) is 2.51. The van der Waals surface area contributed by atoms with Crippen molar-refractivity contribution in [1.29, 1.82) is 0 Å². The van der Waals surface area contributed by atoms with Crippen LogP contribution in [-0.4, -0.2) is 18.6 Å². The fourth-order valence-corrected chi connectivity index (χ4v) is 2.16. The van der Waals surface area contributed by atoms with Gasteiger partial charge in [0, 0.05) is 10.6 Å². The van der Waals surface area contributed by atoms with Crippen LogP contribution in [0, 0.1) is 0 Å². The first-order valence-corrected chi connectivity index (χ1v) is 6.44. The average molecular weight is 305 g/mol. The van der Waals surface area contributed by atoms with E-state index in [1.54, 1.807) is 19.1 Å². The van der Waals surface area contributed by atoms with Crippen LogP contribution in [0.3, 0.4) is 0 Å². The highest BCUT2D eigenvalue weighted by atomic mass is 35.5. The molecule has 1 aliphatic heterocycles. The Morgan fingerprint density at radius 2 is 2.32 bits per heavy atom. The Hall–Kier alpha value is -0.970. The van der Waals surface area contributed by atoms with Crippen molar-refractivity contribution in [2.45, 2.75) is 31.8 Å². The third kappa shape index (κ3) is 4.00. The van der Waals surface area contributed by atoms with E-state index in [0.29, 0.717) is 11.6 Å². The SMILES string of the molecule is C[C@@H](N)C(=O)NC1CCCOc2cc(Cl)ccc21.Cl. The van der Waals surface area contributed by atoms with Crippen LogP contribution in [0.5, 0.6) is 5.75 Å². The highest BCUT2D eigenvalue weighted by Crippen LogP contribution is 2.33. The summed E-state index contributed by atoms with van der Waals surface area (Å²) in [6.45, 7) is 2.31. The molecular weight excluding hydrogens is 287 g/mol. The number of nitrogens with two attached hydrogens (primary N) is 1. The van der Waals surface area contributed by atoms with Crippen LogP contribution in [0.1, 0.15) is 31.4 Å². The van der Waals surface area contributed by atoms with Gasteiger partial charge in [-0.15, -0.1) is 12.4 Å². The molecule has 1 heterocycles. The summed E-state index contributed by atoms with van der Waals surface area (Å²) < 4.78 is 5.63. The van der Waals surface area contributed by atoms with E-state index in [1.165, 1.54) is 0 Å². The van der Waals surface area contributed by atoms with Crippen molar-refractivity contribution in [2.75, 3.05) is 6.61 Å². The fourth-order valence-electron chi connectivity index (χ4n) is 2.00. The predicted octanol–water partition coefficient (Wildman–Crippen LogP) is 2.44. The van der Waals surface area contributed by atoms with Crippen molar-refractivity contribution in [2.24, 2.45) is 5.73 Å². The summed E-state index contributed by atoms with van der Waals surface area (Å²) in [6, 6.07) is 4.92. The molecule has 0 aromatic heterocycles. The Kier molecular flexibility index (Phi) is 5.91. The van der Waals surface area contributed by atoms with Gasteiger partial charge in [-0.2, -0.15) is 0 Å². The van der Waals surface area contributed by atoms with Crippen molar-refractivity contribution in [3.8, 4) is 5.75 Å². The molecule has 4 nitrogen and oxygen atoms in total. The van der Waals surface area contributed by atoms with E-state index >= 15 is 0 Å². The molecule has 2 rings (SSSR count). The lowest BCUT2D eigenvalue weighted by molar-refractivity contribution is -0.122. The molecule has 19 heavy (non-hydrogen) atoms. The van der Waals surface area contributed by atoms with Gasteiger partial charge in [0.25, 0.3) is 0 Å². The van der Waals surface area contributed by atoms with Gasteiger partial charge in [-0.3, -0.25) is 4.79 Å². The largest absolute Gasteiger partial charge is 0.493 e. The number of halogens is 2. The highest BCUT2D eigenvalue weighted by Gasteiger charge is 2.22. The van der Waals surface area contributed by atoms with Crippen molar-refractivity contribution < 1.29 is 9.53 Å². The Balaban J connectivity index is 0.00000180. The van der Waals surface area contributed by atoms with E-state index in [1.807, 2.05) is 6.07 Å². The van der Waals surface area contributed by atoms with Gasteiger partial charge in [-0.25, -0.2) is 0 Å². The number of hydrogen-bond acceptors (Lipinski definition) is 3. The summed E-state index contributed by atoms with van der Waals surface area (Å²) in [5.74, 6) is 0.595. The summed E-state index contributed by atoms with van der Waals surface area (Å²) >= 11 is 5.95. The molecule has 0 radical (unpaired) electrons. The minimum atomic E-state index is -0.509. The zero-order valence-corrected chi connectivity index (χ0v) is 12.3. The maximum atomic E-state index is 11.7. The molecule has 0 saturated heterocycles. The van der Waals surface area contributed by atoms with Crippen LogP contribution >= 0.6 is 24.0 Å². The molecule has 0 bridgehead atoms. The molecule has 6 heteroatoms. The third-order valence-electron chi connectivity index (χ3n) is 2.98. The summed E-state index contributed by atoms with van der Waals surface area (Å²) in [5, 5.41) is 3.58. The van der Waals surface area contributed by atoms with Gasteiger partial charge < -0.3 is 15.8 Å². The highest BCUT2D eigenvalue weighted by molar-refractivity contribution is 6.30. The van der Waals surface area contributed by atoms with Crippen molar-refractivity contribution >= 4 is 29.9 Å². The summed E-state index contributed by atoms with van der Waals surface area (Å²) in [5.41, 5.74) is 6.54. The van der Waals surface area contributed by atoms with E-state index in [-0.39, 0.29) is 24.4 Å². The van der Waals surface area contributed by atoms with Crippen molar-refractivity contribution in [3.63, 3.8) is 0 Å². The zero-order valence-electron chi connectivity index (χ0n) is 10.7. The van der Waals surface area contributed by atoms with Gasteiger partial charge in [0.05, 0.1) is 18.7 Å². The van der Waals surface area contributed by atoms with Crippen LogP contribution < -0.4 is 15.8 Å². The molecule has 1 aliphatic rings. The van der Waals surface area contributed by atoms with Crippen LogP contribution in [0.2, 0.25) is 5.02 Å². The maximum absolute atomic E-state index is 11.7. The standard InChI is InChI=1S/C13H17ClN2O2.ClH/c1-8(15)13(17)16-11-3-2-6-18-12-7-9(14)4-5-10(11)12;/h4-5,7-8,11H,2-3,6,15H2,1H3,(H,16,17);1H/t8-,11?;/m1./s1. The predicted molar refractivity (Wildman–Crippen MR) is 78.0 cm³/mol. The first-order valence-electron chi connectivity index (χ1n) is 6.06. The van der Waals surface area contributed by atoms with Crippen molar-refractivity contribution in [3.05, 3.63) is 28.8 Å². The topological polar surface area (TPSA) is 64.4 Å². The first-order chi connectivity index (χ1) is 8.58. The number of ether oxygens (including phenoxy) is 1. The molecule has 0 saturated carbocycles. The molecule has 1 unspecified atom stereocenters. The first kappa shape index (κ1) is 16.1. The molecule has 3 N–H and O–H groups in total. The molecule has 0 fully saturated rings. The normalized spacial score (nSPS) is 19.2. The lowest BCUT2D eigenvalue weighted by Crippen LogP contribution is -2.40. The van der Waals surface area contributed by atoms with Gasteiger partial charge in [0.1, 0.15) is 5.75 Å². The van der Waals surface area contributed by atoms with E-state index in [2.05, 4.69) is 5.32 Å². The Morgan fingerprint density at radius 3 is 3.00 bits per heavy atom. The second kappa shape index (κ2) is 6.98. The Morgan fingerprint density at radius 1 is 1.58 bits per heavy atom. The Labute approximate surface area is 124 Å². The lowest BCUT2D eigenvalue weighted by Gasteiger charge is -2.19. The van der Waals surface area contributed by atoms with Gasteiger partial charge in [0.2, 0.25) is 5.91 Å². The molecule has 0 aliphatic carbocycles. The van der Waals surface area contributed by atoms with E-state index in [9.17, 15) is 4.79 Å². The molecule has 106 valence electrons. The molecular formula is C13H18Cl2N2O2. The van der Waals surface area contributed by atoms with Crippen LogP contribution in [0.15, 0.2) is 18.2 Å². The number of rotatable bonds is 2. The molecule has 1 aromatic carbocycles. The molecule has 1 amide bonds. The molecule has 1 aromatic rings. The number of amides is 1. The quantitative estimate of drug-likeness (QED) is 0.882. The second-order valence-corrected chi connectivity index (χ2v) is 4.96. The summed E-state index contributed by atoms with van der Waals surface area (Å²) in [4.78, 5) is 11.7. The number of benzene rings is 1. The number of hydrogen-bond donors (Lipinski definition) is 2. The van der Waals surface area contributed by atoms with Gasteiger partial charge in [0.15, 0.2) is 0 Å². The maximum Gasteiger partial charge on any atom is 0.237 e. The Bertz CT molecular complexity index is 452. The minimum absolute atomic E-state index is 0. The third-order valence-corrected chi connectivity index (χ3v) is 3.21. The smallest absolute Gasteiger partial charge is 0.237 e. The van der Waals surface area contributed by atoms with Gasteiger partial charge >= 0.3 is 0 Å². The minimum Gasteiger partial charge on any atom is -0.493 e. The van der Waals surface area contributed by atoms with Crippen LogP contribution in [0.25, 0.3) is 0 Å². The fraction of sp³-hybridized carbons (Fsp3) is 0.462. The van der Waals surface area contributed by atoms with Crippen molar-refractivity contribution in [1.82, 2.24) is 5.32 Å². The van der Waals surface area contributed by atoms with Crippen LogP contribution in [-0.2, 0) is 4.79 Å². The van der Waals surface area contributed by atoms with Gasteiger partial charge in [-0.05, 0) is 31.9 Å². The number of carbonyl (C=O) groups excluding carboxylic acids is 1. The second-order valence-electron chi connectivity index (χ2n) is 4.52. The number of carbonyl (C=O) groups is 1. The molecule has 2 atom stereocenters. The van der Waals surface area contributed by atoms with E-state index in [0.717, 1.165) is 24.2 Å². The summed E-state index contributed by atoms with van der Waals surface area (Å²) in [6.07, 6.45) is 1.73. The van der Waals surface area contributed by atoms with E-state index < -0.39 is 6.04 Å². The van der Waals surface area contributed by atoms with E-state index in [4.69, 9.17) is 22.1 Å². The summed E-state index contributed by atoms with van der Waals surface area (Å²) in [7, 11) is 0. The number of nitrogens with one attached hydrogen (secondary N) is 1.